The van der Waals surface area contributed by atoms with Crippen LogP contribution in [0.15, 0.2) is 52.9 Å². The normalized spacial score (nSPS) is 10.6. The molecule has 0 fully saturated rings. The fraction of sp³-hybridized carbons (Fsp3) is 0.0667. The van der Waals surface area contributed by atoms with E-state index in [1.807, 2.05) is 36.4 Å². The highest BCUT2D eigenvalue weighted by atomic mass is 35.5. The third kappa shape index (κ3) is 3.54. The summed E-state index contributed by atoms with van der Waals surface area (Å²) in [7, 11) is 0. The van der Waals surface area contributed by atoms with Gasteiger partial charge in [-0.25, -0.2) is 0 Å². The molecule has 3 rings (SSSR count). The van der Waals surface area contributed by atoms with Crippen molar-refractivity contribution >= 4 is 28.9 Å². The molecule has 1 aromatic heterocycles. The second-order valence-corrected chi connectivity index (χ2v) is 5.24. The molecule has 0 aliphatic carbocycles. The Morgan fingerprint density at radius 1 is 0.952 bits per heavy atom. The number of anilines is 1. The highest BCUT2D eigenvalue weighted by Crippen LogP contribution is 2.21. The fourth-order valence-corrected chi connectivity index (χ4v) is 2.13. The zero-order valence-electron chi connectivity index (χ0n) is 10.9. The summed E-state index contributed by atoms with van der Waals surface area (Å²) in [4.78, 5) is 0. The first-order valence-corrected chi connectivity index (χ1v) is 7.04. The maximum absolute atomic E-state index is 5.92. The van der Waals surface area contributed by atoms with Gasteiger partial charge in [-0.05, 0) is 42.5 Å². The zero-order valence-corrected chi connectivity index (χ0v) is 12.4. The molecule has 0 aliphatic heterocycles. The molecule has 0 bridgehead atoms. The molecule has 1 N–H and O–H groups in total. The summed E-state index contributed by atoms with van der Waals surface area (Å²) in [5.74, 6) is 0.967. The first-order valence-electron chi connectivity index (χ1n) is 6.28. The Bertz CT molecular complexity index is 741. The third-order valence-corrected chi connectivity index (χ3v) is 3.31. The van der Waals surface area contributed by atoms with Crippen LogP contribution >= 0.6 is 23.2 Å². The van der Waals surface area contributed by atoms with Gasteiger partial charge in [-0.3, -0.25) is 0 Å². The lowest BCUT2D eigenvalue weighted by molar-refractivity contribution is 0.515. The van der Waals surface area contributed by atoms with Gasteiger partial charge >= 0.3 is 0 Å². The molecule has 21 heavy (non-hydrogen) atoms. The van der Waals surface area contributed by atoms with E-state index in [2.05, 4.69) is 15.5 Å². The largest absolute Gasteiger partial charge is 0.419 e. The highest BCUT2D eigenvalue weighted by molar-refractivity contribution is 6.31. The van der Waals surface area contributed by atoms with Crippen LogP contribution in [0, 0.1) is 0 Å². The lowest BCUT2D eigenvalue weighted by Gasteiger charge is -2.03. The van der Waals surface area contributed by atoms with E-state index in [1.165, 1.54) is 0 Å². The number of nitrogens with one attached hydrogen (secondary N) is 1. The Kier molecular flexibility index (Phi) is 4.08. The molecule has 4 nitrogen and oxygen atoms in total. The highest BCUT2D eigenvalue weighted by Gasteiger charge is 2.08. The molecular formula is C15H11Cl2N3O. The van der Waals surface area contributed by atoms with Crippen molar-refractivity contribution in [2.45, 2.75) is 6.54 Å². The predicted molar refractivity (Wildman–Crippen MR) is 83.5 cm³/mol. The van der Waals surface area contributed by atoms with Crippen molar-refractivity contribution in [2.24, 2.45) is 0 Å². The SMILES string of the molecule is Clc1ccc(-c2nnc(CNc3cccc(Cl)c3)o2)cc1. The molecule has 3 aromatic rings. The number of rotatable bonds is 4. The summed E-state index contributed by atoms with van der Waals surface area (Å²) in [6.45, 7) is 0.431. The topological polar surface area (TPSA) is 51.0 Å². The molecule has 0 saturated heterocycles. The van der Waals surface area contributed by atoms with Crippen molar-refractivity contribution in [3.8, 4) is 11.5 Å². The molecule has 0 aliphatic rings. The lowest BCUT2D eigenvalue weighted by atomic mass is 10.2. The molecule has 0 radical (unpaired) electrons. The molecule has 0 amide bonds. The molecule has 0 unspecified atom stereocenters. The fourth-order valence-electron chi connectivity index (χ4n) is 1.81. The van der Waals surface area contributed by atoms with Gasteiger partial charge in [0.1, 0.15) is 0 Å². The van der Waals surface area contributed by atoms with Crippen LogP contribution in [0.5, 0.6) is 0 Å². The van der Waals surface area contributed by atoms with Crippen LogP contribution in [0.1, 0.15) is 5.89 Å². The zero-order chi connectivity index (χ0) is 14.7. The quantitative estimate of drug-likeness (QED) is 0.760. The average molecular weight is 320 g/mol. The number of hydrogen-bond donors (Lipinski definition) is 1. The van der Waals surface area contributed by atoms with Crippen molar-refractivity contribution in [1.29, 1.82) is 0 Å². The maximum atomic E-state index is 5.92. The van der Waals surface area contributed by atoms with Crippen molar-refractivity contribution in [3.63, 3.8) is 0 Å². The van der Waals surface area contributed by atoms with Crippen LogP contribution in [0.25, 0.3) is 11.5 Å². The van der Waals surface area contributed by atoms with Gasteiger partial charge in [-0.2, -0.15) is 0 Å². The Morgan fingerprint density at radius 2 is 1.76 bits per heavy atom. The van der Waals surface area contributed by atoms with Crippen molar-refractivity contribution in [1.82, 2.24) is 10.2 Å². The van der Waals surface area contributed by atoms with Crippen LogP contribution in [-0.2, 0) is 6.54 Å². The minimum Gasteiger partial charge on any atom is -0.419 e. The summed E-state index contributed by atoms with van der Waals surface area (Å²) in [5, 5.41) is 12.5. The number of halogens is 2. The average Bonchev–Trinajstić information content (AvgIpc) is 2.95. The molecule has 0 atom stereocenters. The van der Waals surface area contributed by atoms with E-state index in [0.717, 1.165) is 11.3 Å². The van der Waals surface area contributed by atoms with Gasteiger partial charge in [0.15, 0.2) is 0 Å². The van der Waals surface area contributed by atoms with Crippen molar-refractivity contribution < 1.29 is 4.42 Å². The van der Waals surface area contributed by atoms with Gasteiger partial charge in [0.05, 0.1) is 6.54 Å². The molecule has 2 aromatic carbocycles. The van der Waals surface area contributed by atoms with Crippen LogP contribution in [-0.4, -0.2) is 10.2 Å². The van der Waals surface area contributed by atoms with E-state index in [0.29, 0.717) is 28.4 Å². The third-order valence-electron chi connectivity index (χ3n) is 2.83. The molecule has 6 heteroatoms. The van der Waals surface area contributed by atoms with E-state index >= 15 is 0 Å². The van der Waals surface area contributed by atoms with Gasteiger partial charge in [0, 0.05) is 21.3 Å². The Balaban J connectivity index is 1.69. The van der Waals surface area contributed by atoms with E-state index in [9.17, 15) is 0 Å². The van der Waals surface area contributed by atoms with Gasteiger partial charge in [0.2, 0.25) is 11.8 Å². The van der Waals surface area contributed by atoms with Crippen LogP contribution in [0.4, 0.5) is 5.69 Å². The van der Waals surface area contributed by atoms with Crippen LogP contribution < -0.4 is 5.32 Å². The number of nitrogens with zero attached hydrogens (tertiary/aromatic N) is 2. The predicted octanol–water partition coefficient (Wildman–Crippen LogP) is 4.66. The molecular weight excluding hydrogens is 309 g/mol. The summed E-state index contributed by atoms with van der Waals surface area (Å²) >= 11 is 11.8. The van der Waals surface area contributed by atoms with E-state index in [4.69, 9.17) is 27.6 Å². The van der Waals surface area contributed by atoms with E-state index in [-0.39, 0.29) is 0 Å². The van der Waals surface area contributed by atoms with Gasteiger partial charge in [0.25, 0.3) is 0 Å². The van der Waals surface area contributed by atoms with Crippen molar-refractivity contribution in [3.05, 3.63) is 64.5 Å². The molecule has 1 heterocycles. The number of hydrogen-bond acceptors (Lipinski definition) is 4. The monoisotopic (exact) mass is 319 g/mol. The summed E-state index contributed by atoms with van der Waals surface area (Å²) in [5.41, 5.74) is 1.73. The van der Waals surface area contributed by atoms with Gasteiger partial charge in [-0.1, -0.05) is 29.3 Å². The second-order valence-electron chi connectivity index (χ2n) is 4.37. The van der Waals surface area contributed by atoms with Gasteiger partial charge in [-0.15, -0.1) is 10.2 Å². The maximum Gasteiger partial charge on any atom is 0.247 e. The minimum absolute atomic E-state index is 0.431. The lowest BCUT2D eigenvalue weighted by Crippen LogP contribution is -1.99. The van der Waals surface area contributed by atoms with E-state index in [1.54, 1.807) is 12.1 Å². The van der Waals surface area contributed by atoms with Gasteiger partial charge < -0.3 is 9.73 Å². The number of benzene rings is 2. The van der Waals surface area contributed by atoms with Crippen LogP contribution in [0.3, 0.4) is 0 Å². The van der Waals surface area contributed by atoms with E-state index < -0.39 is 0 Å². The summed E-state index contributed by atoms with van der Waals surface area (Å²) in [6, 6.07) is 14.7. The first kappa shape index (κ1) is 13.9. The Hall–Kier alpha value is -2.04. The smallest absolute Gasteiger partial charge is 0.247 e. The molecule has 0 spiro atoms. The number of aromatic nitrogens is 2. The van der Waals surface area contributed by atoms with Crippen molar-refractivity contribution in [2.75, 3.05) is 5.32 Å². The summed E-state index contributed by atoms with van der Waals surface area (Å²) < 4.78 is 5.60. The Labute approximate surface area is 131 Å². The van der Waals surface area contributed by atoms with Crippen LogP contribution in [0.2, 0.25) is 10.0 Å². The summed E-state index contributed by atoms with van der Waals surface area (Å²) in [6.07, 6.45) is 0. The molecule has 106 valence electrons. The first-order chi connectivity index (χ1) is 10.2. The second kappa shape index (κ2) is 6.16. The molecule has 0 saturated carbocycles. The standard InChI is InChI=1S/C15H11Cl2N3O/c16-11-6-4-10(5-7-11)15-20-19-14(21-15)9-18-13-3-1-2-12(17)8-13/h1-8,18H,9H2. The minimum atomic E-state index is 0.431. The Morgan fingerprint density at radius 3 is 2.52 bits per heavy atom.